The summed E-state index contributed by atoms with van der Waals surface area (Å²) in [5, 5.41) is 5.43. The predicted molar refractivity (Wildman–Crippen MR) is 279 cm³/mol. The van der Waals surface area contributed by atoms with Crippen molar-refractivity contribution in [1.82, 2.24) is 0 Å². The first-order valence-corrected chi connectivity index (χ1v) is 24.3. The summed E-state index contributed by atoms with van der Waals surface area (Å²) in [5.74, 6) is 0.994. The first-order chi connectivity index (χ1) is 32.2. The highest BCUT2D eigenvalue weighted by Crippen LogP contribution is 2.48. The molecule has 3 atom stereocenters. The van der Waals surface area contributed by atoms with Crippen LogP contribution in [-0.4, -0.2) is 0 Å². The molecule has 3 unspecified atom stereocenters. The van der Waals surface area contributed by atoms with Crippen molar-refractivity contribution in [2.45, 2.75) is 43.9 Å². The summed E-state index contributed by atoms with van der Waals surface area (Å²) in [6.07, 6.45) is 12.8. The van der Waals surface area contributed by atoms with Gasteiger partial charge in [0, 0.05) is 26.1 Å². The SMILES string of the molecule is C1=CC(C(CCc2cccc3ccccc23)c2cccc(-c3ccccc3)c2)CC=C1c1cc(C2CCc3ccccc3-c3ccc(-c4ccccc4)cc32)cc2c1sc1ccccc12. The molecule has 2 aliphatic carbocycles. The van der Waals surface area contributed by atoms with Crippen molar-refractivity contribution in [3.05, 3.63) is 258 Å². The van der Waals surface area contributed by atoms with E-state index in [2.05, 4.69) is 224 Å². The Bertz CT molecular complexity index is 3410. The summed E-state index contributed by atoms with van der Waals surface area (Å²) >= 11 is 1.95. The molecule has 9 aromatic carbocycles. The number of benzene rings is 9. The zero-order valence-electron chi connectivity index (χ0n) is 36.5. The van der Waals surface area contributed by atoms with Crippen LogP contribution in [0.5, 0.6) is 0 Å². The Morgan fingerprint density at radius 3 is 2.06 bits per heavy atom. The summed E-state index contributed by atoms with van der Waals surface area (Å²) < 4.78 is 2.74. The first-order valence-electron chi connectivity index (χ1n) is 23.5. The predicted octanol–water partition coefficient (Wildman–Crippen LogP) is 17.7. The molecule has 65 heavy (non-hydrogen) atoms. The van der Waals surface area contributed by atoms with E-state index in [1.165, 1.54) is 103 Å². The largest absolute Gasteiger partial charge is 0.135 e. The molecule has 1 aromatic heterocycles. The molecule has 0 nitrogen and oxygen atoms in total. The number of hydrogen-bond donors (Lipinski definition) is 0. The first kappa shape index (κ1) is 39.5. The Labute approximate surface area is 386 Å². The van der Waals surface area contributed by atoms with E-state index in [0.29, 0.717) is 11.8 Å². The van der Waals surface area contributed by atoms with Crippen molar-refractivity contribution < 1.29 is 0 Å². The molecule has 0 N–H and O–H groups in total. The average molecular weight is 851 g/mol. The molecule has 1 heterocycles. The Hall–Kier alpha value is -7.06. The van der Waals surface area contributed by atoms with E-state index in [-0.39, 0.29) is 5.92 Å². The van der Waals surface area contributed by atoms with Crippen molar-refractivity contribution >= 4 is 47.9 Å². The highest BCUT2D eigenvalue weighted by molar-refractivity contribution is 7.26. The molecule has 0 bridgehead atoms. The third kappa shape index (κ3) is 7.54. The zero-order chi connectivity index (χ0) is 43.1. The van der Waals surface area contributed by atoms with Gasteiger partial charge in [-0.05, 0) is 151 Å². The van der Waals surface area contributed by atoms with Crippen LogP contribution < -0.4 is 0 Å². The minimum atomic E-state index is 0.249. The van der Waals surface area contributed by atoms with Crippen LogP contribution in [0.2, 0.25) is 0 Å². The number of fused-ring (bicyclic) bond motifs is 7. The van der Waals surface area contributed by atoms with Crippen molar-refractivity contribution in [2.24, 2.45) is 5.92 Å². The van der Waals surface area contributed by atoms with Gasteiger partial charge >= 0.3 is 0 Å². The minimum absolute atomic E-state index is 0.249. The molecule has 312 valence electrons. The van der Waals surface area contributed by atoms with E-state index < -0.39 is 0 Å². The van der Waals surface area contributed by atoms with Crippen LogP contribution >= 0.6 is 11.3 Å². The van der Waals surface area contributed by atoms with Crippen LogP contribution in [0, 0.1) is 5.92 Å². The number of rotatable bonds is 9. The van der Waals surface area contributed by atoms with Crippen LogP contribution in [0.3, 0.4) is 0 Å². The van der Waals surface area contributed by atoms with Gasteiger partial charge in [-0.3, -0.25) is 0 Å². The fourth-order valence-electron chi connectivity index (χ4n) is 11.1. The van der Waals surface area contributed by atoms with E-state index in [4.69, 9.17) is 0 Å². The molecule has 2 aliphatic rings. The fourth-order valence-corrected chi connectivity index (χ4v) is 12.4. The topological polar surface area (TPSA) is 0 Å². The van der Waals surface area contributed by atoms with E-state index in [9.17, 15) is 0 Å². The van der Waals surface area contributed by atoms with Gasteiger partial charge in [0.2, 0.25) is 0 Å². The zero-order valence-corrected chi connectivity index (χ0v) is 37.4. The van der Waals surface area contributed by atoms with Gasteiger partial charge in [0.15, 0.2) is 0 Å². The molecule has 0 saturated carbocycles. The van der Waals surface area contributed by atoms with Gasteiger partial charge in [-0.2, -0.15) is 0 Å². The maximum absolute atomic E-state index is 2.58. The molecule has 0 amide bonds. The molecule has 12 rings (SSSR count). The summed E-state index contributed by atoms with van der Waals surface area (Å²) in [7, 11) is 0. The Balaban J connectivity index is 0.946. The van der Waals surface area contributed by atoms with E-state index in [1.807, 2.05) is 11.3 Å². The van der Waals surface area contributed by atoms with Crippen molar-refractivity contribution in [3.8, 4) is 33.4 Å². The van der Waals surface area contributed by atoms with Gasteiger partial charge in [-0.25, -0.2) is 0 Å². The van der Waals surface area contributed by atoms with E-state index in [1.54, 1.807) is 0 Å². The lowest BCUT2D eigenvalue weighted by molar-refractivity contribution is 0.478. The second kappa shape index (κ2) is 17.1. The Kier molecular flexibility index (Phi) is 10.4. The van der Waals surface area contributed by atoms with Gasteiger partial charge in [-0.1, -0.05) is 200 Å². The van der Waals surface area contributed by atoms with E-state index in [0.717, 1.165) is 32.1 Å². The summed E-state index contributed by atoms with van der Waals surface area (Å²) in [6, 6.07) is 77.3. The van der Waals surface area contributed by atoms with Gasteiger partial charge in [0.05, 0.1) is 0 Å². The minimum Gasteiger partial charge on any atom is -0.135 e. The standard InChI is InChI=1S/C64H50S/c1-3-15-43(16-4-1)50-23-14-24-52(39-50)55(36-33-46-22-13-21-45-19-7-9-25-54(45)46)48-29-31-49(32-30-48)60-41-53(42-62-59-27-11-12-28-63(59)65-64(60)62)57-37-34-47-20-8-10-26-56(47)58-38-35-51(40-61(57)58)44-17-5-2-6-18-44/h1-29,31-32,35,38-42,48,55,57H,30,33-34,36-37H2. The molecule has 0 aliphatic heterocycles. The summed E-state index contributed by atoms with van der Waals surface area (Å²) in [5.41, 5.74) is 17.7. The smallest absolute Gasteiger partial charge is 0.0433 e. The average Bonchev–Trinajstić information content (AvgIpc) is 3.67. The third-order valence-corrected chi connectivity index (χ3v) is 15.7. The quantitative estimate of drug-likeness (QED) is 0.136. The van der Waals surface area contributed by atoms with Crippen LogP contribution in [0.1, 0.15) is 64.5 Å². The van der Waals surface area contributed by atoms with E-state index >= 15 is 0 Å². The van der Waals surface area contributed by atoms with Gasteiger partial charge in [0.1, 0.15) is 0 Å². The molecule has 0 spiro atoms. The molecule has 0 saturated heterocycles. The van der Waals surface area contributed by atoms with Crippen LogP contribution in [0.25, 0.3) is 69.9 Å². The van der Waals surface area contributed by atoms with Crippen LogP contribution in [-0.2, 0) is 12.8 Å². The summed E-state index contributed by atoms with van der Waals surface area (Å²) in [4.78, 5) is 0. The molecule has 0 fully saturated rings. The number of aryl methyl sites for hydroxylation is 2. The molecule has 10 aromatic rings. The Morgan fingerprint density at radius 2 is 1.23 bits per heavy atom. The summed E-state index contributed by atoms with van der Waals surface area (Å²) in [6.45, 7) is 0. The fraction of sp³-hybridized carbons (Fsp3) is 0.125. The molecular formula is C64H50S. The molecule has 0 radical (unpaired) electrons. The van der Waals surface area contributed by atoms with Crippen molar-refractivity contribution in [2.75, 3.05) is 0 Å². The second-order valence-electron chi connectivity index (χ2n) is 18.2. The van der Waals surface area contributed by atoms with Gasteiger partial charge < -0.3 is 0 Å². The highest BCUT2D eigenvalue weighted by atomic mass is 32.1. The van der Waals surface area contributed by atoms with Crippen LogP contribution in [0.4, 0.5) is 0 Å². The van der Waals surface area contributed by atoms with Crippen molar-refractivity contribution in [3.63, 3.8) is 0 Å². The van der Waals surface area contributed by atoms with Gasteiger partial charge in [0.25, 0.3) is 0 Å². The molecular weight excluding hydrogens is 801 g/mol. The van der Waals surface area contributed by atoms with Crippen molar-refractivity contribution in [1.29, 1.82) is 0 Å². The lowest BCUT2D eigenvalue weighted by Gasteiger charge is -2.28. The molecule has 1 heteroatoms. The maximum Gasteiger partial charge on any atom is 0.0433 e. The lowest BCUT2D eigenvalue weighted by Crippen LogP contribution is -2.14. The number of hydrogen-bond acceptors (Lipinski definition) is 1. The Morgan fingerprint density at radius 1 is 0.523 bits per heavy atom. The normalized spacial score (nSPS) is 16.2. The third-order valence-electron chi connectivity index (χ3n) is 14.4. The maximum atomic E-state index is 2.58. The number of allylic oxidation sites excluding steroid dienone is 4. The lowest BCUT2D eigenvalue weighted by atomic mass is 9.76. The highest BCUT2D eigenvalue weighted by Gasteiger charge is 2.28. The van der Waals surface area contributed by atoms with Gasteiger partial charge in [-0.15, -0.1) is 11.3 Å². The number of thiophene rings is 1. The second-order valence-corrected chi connectivity index (χ2v) is 19.2. The monoisotopic (exact) mass is 850 g/mol. The van der Waals surface area contributed by atoms with Crippen LogP contribution in [0.15, 0.2) is 224 Å².